The second kappa shape index (κ2) is 10.3. The summed E-state index contributed by atoms with van der Waals surface area (Å²) in [5.41, 5.74) is 0.997. The molecule has 4 rings (SSSR count). The van der Waals surface area contributed by atoms with Gasteiger partial charge in [-0.15, -0.1) is 0 Å². The van der Waals surface area contributed by atoms with Crippen molar-refractivity contribution in [3.63, 3.8) is 0 Å². The molecule has 0 spiro atoms. The van der Waals surface area contributed by atoms with Crippen molar-refractivity contribution >= 4 is 29.1 Å². The number of benzene rings is 2. The van der Waals surface area contributed by atoms with Gasteiger partial charge in [-0.2, -0.15) is 0 Å². The van der Waals surface area contributed by atoms with Crippen LogP contribution in [0.3, 0.4) is 0 Å². The summed E-state index contributed by atoms with van der Waals surface area (Å²) in [6, 6.07) is 16.0. The van der Waals surface area contributed by atoms with E-state index in [0.717, 1.165) is 5.56 Å². The van der Waals surface area contributed by atoms with E-state index in [-0.39, 0.29) is 30.2 Å². The summed E-state index contributed by atoms with van der Waals surface area (Å²) in [7, 11) is 1.57. The molecule has 2 N–H and O–H groups in total. The standard InChI is InChI=1S/C26H26ClN3O5/c1-16(31)14-29-13-3-4-22(25(29)33)30-15-21(17-7-11-20(35-2)12-8-17)23(26(30)34)28-24(32)18-5-9-19(27)10-6-18/h3-13,16,21,23,31H,14-15H2,1-2H3,(H,28,32)/t16?,21-,23-/m0/s1. The van der Waals surface area contributed by atoms with Crippen molar-refractivity contribution in [1.29, 1.82) is 0 Å². The summed E-state index contributed by atoms with van der Waals surface area (Å²) >= 11 is 5.93. The maximum absolute atomic E-state index is 13.6. The largest absolute Gasteiger partial charge is 0.497 e. The number of amides is 2. The zero-order valence-electron chi connectivity index (χ0n) is 19.3. The Hall–Kier alpha value is -3.62. The highest BCUT2D eigenvalue weighted by molar-refractivity contribution is 6.30. The number of methoxy groups -OCH3 is 1. The number of hydrogen-bond donors (Lipinski definition) is 2. The lowest BCUT2D eigenvalue weighted by molar-refractivity contribution is -0.118. The number of ether oxygens (including phenoxy) is 1. The molecule has 1 aliphatic rings. The van der Waals surface area contributed by atoms with Crippen LogP contribution in [-0.4, -0.2) is 47.3 Å². The van der Waals surface area contributed by atoms with Crippen LogP contribution in [0.1, 0.15) is 28.8 Å². The molecule has 2 aromatic carbocycles. The Labute approximate surface area is 207 Å². The van der Waals surface area contributed by atoms with Crippen LogP contribution in [0.5, 0.6) is 5.75 Å². The van der Waals surface area contributed by atoms with Gasteiger partial charge in [0.25, 0.3) is 11.5 Å². The van der Waals surface area contributed by atoms with Gasteiger partial charge in [-0.05, 0) is 61.0 Å². The molecule has 2 amide bonds. The first-order chi connectivity index (χ1) is 16.8. The molecule has 2 heterocycles. The minimum absolute atomic E-state index is 0.105. The van der Waals surface area contributed by atoms with Gasteiger partial charge in [0.15, 0.2) is 0 Å². The molecule has 1 unspecified atom stereocenters. The zero-order chi connectivity index (χ0) is 25.1. The number of aliphatic hydroxyl groups is 1. The van der Waals surface area contributed by atoms with Gasteiger partial charge >= 0.3 is 0 Å². The van der Waals surface area contributed by atoms with Gasteiger partial charge in [-0.1, -0.05) is 23.7 Å². The van der Waals surface area contributed by atoms with E-state index in [9.17, 15) is 19.5 Å². The van der Waals surface area contributed by atoms with Crippen LogP contribution < -0.4 is 20.5 Å². The second-order valence-electron chi connectivity index (χ2n) is 8.49. The molecule has 8 nitrogen and oxygen atoms in total. The summed E-state index contributed by atoms with van der Waals surface area (Å²) in [6.07, 6.45) is 0.843. The average Bonchev–Trinajstić information content (AvgIpc) is 3.16. The third-order valence-electron chi connectivity index (χ3n) is 6.00. The molecule has 35 heavy (non-hydrogen) atoms. The number of rotatable bonds is 7. The molecular formula is C26H26ClN3O5. The van der Waals surface area contributed by atoms with Crippen LogP contribution in [0.4, 0.5) is 5.69 Å². The van der Waals surface area contributed by atoms with Gasteiger partial charge in [0.1, 0.15) is 17.5 Å². The molecule has 182 valence electrons. The van der Waals surface area contributed by atoms with Gasteiger partial charge in [0.05, 0.1) is 19.8 Å². The van der Waals surface area contributed by atoms with Crippen LogP contribution in [0.15, 0.2) is 71.7 Å². The molecule has 0 saturated carbocycles. The summed E-state index contributed by atoms with van der Waals surface area (Å²) in [4.78, 5) is 41.1. The first-order valence-corrected chi connectivity index (χ1v) is 11.6. The first kappa shape index (κ1) is 24.5. The number of nitrogens with one attached hydrogen (secondary N) is 1. The smallest absolute Gasteiger partial charge is 0.274 e. The number of anilines is 1. The van der Waals surface area contributed by atoms with E-state index in [1.54, 1.807) is 68.8 Å². The van der Waals surface area contributed by atoms with Crippen molar-refractivity contribution in [2.24, 2.45) is 0 Å². The quantitative estimate of drug-likeness (QED) is 0.525. The van der Waals surface area contributed by atoms with Crippen LogP contribution in [-0.2, 0) is 11.3 Å². The maximum atomic E-state index is 13.6. The lowest BCUT2D eigenvalue weighted by Gasteiger charge is -2.19. The number of pyridine rings is 1. The van der Waals surface area contributed by atoms with Crippen LogP contribution >= 0.6 is 11.6 Å². The monoisotopic (exact) mass is 495 g/mol. The Morgan fingerprint density at radius 1 is 1.14 bits per heavy atom. The molecule has 1 aromatic heterocycles. The Bertz CT molecular complexity index is 1270. The molecule has 0 radical (unpaired) electrons. The van der Waals surface area contributed by atoms with Crippen molar-refractivity contribution < 1.29 is 19.4 Å². The number of carbonyl (C=O) groups excluding carboxylic acids is 2. The number of halogens is 1. The third kappa shape index (κ3) is 5.23. The fourth-order valence-corrected chi connectivity index (χ4v) is 4.37. The lowest BCUT2D eigenvalue weighted by atomic mass is 9.93. The molecule has 3 atom stereocenters. The zero-order valence-corrected chi connectivity index (χ0v) is 20.1. The molecule has 0 aliphatic carbocycles. The van der Waals surface area contributed by atoms with E-state index in [4.69, 9.17) is 16.3 Å². The number of hydrogen-bond acceptors (Lipinski definition) is 5. The van der Waals surface area contributed by atoms with Crippen molar-refractivity contribution in [2.45, 2.75) is 31.5 Å². The summed E-state index contributed by atoms with van der Waals surface area (Å²) in [5, 5.41) is 13.1. The summed E-state index contributed by atoms with van der Waals surface area (Å²) in [6.45, 7) is 1.89. The fourth-order valence-electron chi connectivity index (χ4n) is 4.24. The molecule has 3 aromatic rings. The van der Waals surface area contributed by atoms with Crippen LogP contribution in [0.25, 0.3) is 0 Å². The van der Waals surface area contributed by atoms with Gasteiger partial charge in [-0.25, -0.2) is 0 Å². The topological polar surface area (TPSA) is 101 Å². The van der Waals surface area contributed by atoms with E-state index in [1.165, 1.54) is 9.47 Å². The van der Waals surface area contributed by atoms with Crippen molar-refractivity contribution in [3.05, 3.63) is 93.4 Å². The van der Waals surface area contributed by atoms with E-state index in [0.29, 0.717) is 16.3 Å². The molecule has 1 saturated heterocycles. The first-order valence-electron chi connectivity index (χ1n) is 11.2. The molecule has 1 aliphatic heterocycles. The number of nitrogens with zero attached hydrogens (tertiary/aromatic N) is 2. The highest BCUT2D eigenvalue weighted by Gasteiger charge is 2.43. The Kier molecular flexibility index (Phi) is 7.23. The Morgan fingerprint density at radius 3 is 2.46 bits per heavy atom. The van der Waals surface area contributed by atoms with E-state index < -0.39 is 24.0 Å². The van der Waals surface area contributed by atoms with Crippen LogP contribution in [0, 0.1) is 0 Å². The summed E-state index contributed by atoms with van der Waals surface area (Å²) in [5.74, 6) is -0.546. The van der Waals surface area contributed by atoms with Crippen LogP contribution in [0.2, 0.25) is 5.02 Å². The minimum atomic E-state index is -0.892. The minimum Gasteiger partial charge on any atom is -0.497 e. The van der Waals surface area contributed by atoms with Gasteiger partial charge in [0.2, 0.25) is 5.91 Å². The lowest BCUT2D eigenvalue weighted by Crippen LogP contribution is -2.44. The summed E-state index contributed by atoms with van der Waals surface area (Å²) < 4.78 is 6.61. The Balaban J connectivity index is 1.69. The van der Waals surface area contributed by atoms with Gasteiger partial charge in [-0.3, -0.25) is 14.4 Å². The molecule has 9 heteroatoms. The molecule has 0 bridgehead atoms. The SMILES string of the molecule is COc1ccc([C@@H]2CN(c3cccn(CC(C)O)c3=O)C(=O)[C@H]2NC(=O)c2ccc(Cl)cc2)cc1. The van der Waals surface area contributed by atoms with Crippen molar-refractivity contribution in [1.82, 2.24) is 9.88 Å². The highest BCUT2D eigenvalue weighted by Crippen LogP contribution is 2.32. The molecule has 1 fully saturated rings. The van der Waals surface area contributed by atoms with E-state index in [1.807, 2.05) is 12.1 Å². The third-order valence-corrected chi connectivity index (χ3v) is 6.25. The Morgan fingerprint density at radius 2 is 1.83 bits per heavy atom. The predicted octanol–water partition coefficient (Wildman–Crippen LogP) is 2.82. The number of aliphatic hydroxyl groups excluding tert-OH is 1. The van der Waals surface area contributed by atoms with E-state index >= 15 is 0 Å². The normalized spacial score (nSPS) is 18.4. The average molecular weight is 496 g/mol. The second-order valence-corrected chi connectivity index (χ2v) is 8.92. The van der Waals surface area contributed by atoms with Crippen molar-refractivity contribution in [3.8, 4) is 5.75 Å². The number of carbonyl (C=O) groups is 2. The molecular weight excluding hydrogens is 470 g/mol. The van der Waals surface area contributed by atoms with Gasteiger partial charge < -0.3 is 24.6 Å². The highest BCUT2D eigenvalue weighted by atomic mass is 35.5. The number of aromatic nitrogens is 1. The fraction of sp³-hybridized carbons (Fsp3) is 0.269. The van der Waals surface area contributed by atoms with Crippen molar-refractivity contribution in [2.75, 3.05) is 18.6 Å². The van der Waals surface area contributed by atoms with E-state index in [2.05, 4.69) is 5.32 Å². The maximum Gasteiger partial charge on any atom is 0.274 e. The van der Waals surface area contributed by atoms with Gasteiger partial charge in [0, 0.05) is 29.2 Å². The predicted molar refractivity (Wildman–Crippen MR) is 133 cm³/mol.